The van der Waals surface area contributed by atoms with Crippen LogP contribution in [0.5, 0.6) is 5.75 Å². The molecule has 1 atom stereocenters. The number of fused-ring (bicyclic) bond motifs is 1. The summed E-state index contributed by atoms with van der Waals surface area (Å²) >= 11 is 0. The zero-order chi connectivity index (χ0) is 28.5. The van der Waals surface area contributed by atoms with Crippen molar-refractivity contribution in [3.05, 3.63) is 94.1 Å². The molecular formula is C32H35FN2O5. The quantitative estimate of drug-likeness (QED) is 0.271. The molecule has 210 valence electrons. The monoisotopic (exact) mass is 546 g/mol. The van der Waals surface area contributed by atoms with Crippen molar-refractivity contribution >= 4 is 17.7 Å². The average molecular weight is 547 g/mol. The lowest BCUT2D eigenvalue weighted by molar-refractivity contribution is -0.137. The Morgan fingerprint density at radius 1 is 1.02 bits per heavy atom. The predicted molar refractivity (Wildman–Crippen MR) is 149 cm³/mol. The number of aromatic nitrogens is 1. The molecule has 1 aromatic heterocycles. The summed E-state index contributed by atoms with van der Waals surface area (Å²) in [6.45, 7) is 1.48. The molecule has 1 heterocycles. The fraction of sp³-hybridized carbons (Fsp3) is 0.375. The van der Waals surface area contributed by atoms with Crippen molar-refractivity contribution in [3.8, 4) is 5.75 Å². The number of Topliss-reactive ketones (excluding diaryl/α,β-unsaturated/α-hetero) is 1. The number of amides is 1. The lowest BCUT2D eigenvalue weighted by Crippen LogP contribution is -2.30. The number of pyridine rings is 1. The number of carboxylic acids is 1. The number of hydrogen-bond acceptors (Lipinski definition) is 5. The number of hydrogen-bond donors (Lipinski definition) is 2. The van der Waals surface area contributed by atoms with E-state index in [0.717, 1.165) is 36.9 Å². The lowest BCUT2D eigenvalue weighted by atomic mass is 9.95. The minimum atomic E-state index is -0.945. The zero-order valence-electron chi connectivity index (χ0n) is 22.7. The van der Waals surface area contributed by atoms with Gasteiger partial charge in [0.2, 0.25) is 0 Å². The van der Waals surface area contributed by atoms with Gasteiger partial charge < -0.3 is 15.2 Å². The van der Waals surface area contributed by atoms with E-state index >= 15 is 0 Å². The van der Waals surface area contributed by atoms with Crippen molar-refractivity contribution in [1.82, 2.24) is 10.3 Å². The third-order valence-electron chi connectivity index (χ3n) is 7.07. The Bertz CT molecular complexity index is 1360. The standard InChI is InChI=1S/C32H35FN2O5/c1-21(36)19-29(25-14-17-30(27(33)20-25)40-18-4-7-31(37)38)35-32(39)24-11-8-22(9-12-24)10-15-26-16-13-23-5-2-3-6-28(23)34-26/h8-9,11-14,16-17,20,29H,2-7,10,15,18-19H2,1H3,(H,35,39)(H,37,38)/t29-/m0/s1. The Balaban J connectivity index is 1.36. The molecule has 0 bridgehead atoms. The summed E-state index contributed by atoms with van der Waals surface area (Å²) in [5, 5.41) is 11.6. The maximum absolute atomic E-state index is 14.7. The molecule has 2 N–H and O–H groups in total. The molecule has 0 spiro atoms. The van der Waals surface area contributed by atoms with E-state index in [1.54, 1.807) is 18.2 Å². The van der Waals surface area contributed by atoms with Crippen LogP contribution in [-0.4, -0.2) is 34.4 Å². The number of carbonyl (C=O) groups is 3. The second-order valence-corrected chi connectivity index (χ2v) is 10.3. The fourth-order valence-electron chi connectivity index (χ4n) is 4.90. The number of carbonyl (C=O) groups excluding carboxylic acids is 2. The van der Waals surface area contributed by atoms with Gasteiger partial charge in [-0.2, -0.15) is 0 Å². The first-order chi connectivity index (χ1) is 19.3. The van der Waals surface area contributed by atoms with E-state index < -0.39 is 17.8 Å². The minimum Gasteiger partial charge on any atom is -0.491 e. The number of ether oxygens (including phenoxy) is 1. The van der Waals surface area contributed by atoms with E-state index in [2.05, 4.69) is 17.4 Å². The van der Waals surface area contributed by atoms with Crippen LogP contribution < -0.4 is 10.1 Å². The Hall–Kier alpha value is -4.07. The molecular weight excluding hydrogens is 511 g/mol. The Kier molecular flexibility index (Phi) is 10.00. The van der Waals surface area contributed by atoms with Gasteiger partial charge in [0, 0.05) is 29.8 Å². The molecule has 0 saturated carbocycles. The first-order valence-electron chi connectivity index (χ1n) is 13.8. The maximum atomic E-state index is 14.7. The van der Waals surface area contributed by atoms with Crippen molar-refractivity contribution in [2.45, 2.75) is 70.8 Å². The molecule has 3 aromatic rings. The summed E-state index contributed by atoms with van der Waals surface area (Å²) in [4.78, 5) is 40.4. The van der Waals surface area contributed by atoms with E-state index in [-0.39, 0.29) is 43.3 Å². The van der Waals surface area contributed by atoms with Crippen LogP contribution in [0.3, 0.4) is 0 Å². The number of nitrogens with one attached hydrogen (secondary N) is 1. The highest BCUT2D eigenvalue weighted by molar-refractivity contribution is 5.94. The molecule has 2 aromatic carbocycles. The number of nitrogens with zero attached hydrogens (tertiary/aromatic N) is 1. The second-order valence-electron chi connectivity index (χ2n) is 10.3. The Morgan fingerprint density at radius 3 is 2.52 bits per heavy atom. The van der Waals surface area contributed by atoms with Gasteiger partial charge in [-0.3, -0.25) is 19.4 Å². The van der Waals surface area contributed by atoms with Gasteiger partial charge in [-0.05, 0) is 98.9 Å². The van der Waals surface area contributed by atoms with Crippen molar-refractivity contribution < 1.29 is 28.6 Å². The number of halogens is 1. The summed E-state index contributed by atoms with van der Waals surface area (Å²) in [7, 11) is 0. The molecule has 1 amide bonds. The van der Waals surface area contributed by atoms with Crippen molar-refractivity contribution in [2.75, 3.05) is 6.61 Å². The average Bonchev–Trinajstić information content (AvgIpc) is 2.94. The van der Waals surface area contributed by atoms with Crippen molar-refractivity contribution in [3.63, 3.8) is 0 Å². The van der Waals surface area contributed by atoms with Gasteiger partial charge in [-0.15, -0.1) is 0 Å². The number of aryl methyl sites for hydroxylation is 4. The largest absolute Gasteiger partial charge is 0.491 e. The molecule has 7 nitrogen and oxygen atoms in total. The highest BCUT2D eigenvalue weighted by Crippen LogP contribution is 2.25. The number of aliphatic carboxylic acids is 1. The van der Waals surface area contributed by atoms with Gasteiger partial charge in [-0.1, -0.05) is 24.3 Å². The fourth-order valence-corrected chi connectivity index (χ4v) is 4.90. The van der Waals surface area contributed by atoms with E-state index in [9.17, 15) is 18.8 Å². The van der Waals surface area contributed by atoms with Crippen molar-refractivity contribution in [1.29, 1.82) is 0 Å². The summed E-state index contributed by atoms with van der Waals surface area (Å²) in [6, 6.07) is 15.2. The molecule has 1 aliphatic carbocycles. The van der Waals surface area contributed by atoms with Gasteiger partial charge in [0.1, 0.15) is 5.78 Å². The van der Waals surface area contributed by atoms with E-state index in [0.29, 0.717) is 11.1 Å². The summed E-state index contributed by atoms with van der Waals surface area (Å²) in [5.74, 6) is -2.11. The second kappa shape index (κ2) is 13.8. The highest BCUT2D eigenvalue weighted by atomic mass is 19.1. The van der Waals surface area contributed by atoms with Gasteiger partial charge in [0.15, 0.2) is 11.6 Å². The van der Waals surface area contributed by atoms with Crippen LogP contribution in [0.25, 0.3) is 0 Å². The normalized spacial score (nSPS) is 13.2. The van der Waals surface area contributed by atoms with Crippen LogP contribution in [0.1, 0.15) is 83.5 Å². The van der Waals surface area contributed by atoms with Crippen LogP contribution in [0, 0.1) is 5.82 Å². The minimum absolute atomic E-state index is 0.00978. The molecule has 1 aliphatic rings. The molecule has 0 saturated heterocycles. The molecule has 0 aliphatic heterocycles. The number of benzene rings is 2. The van der Waals surface area contributed by atoms with Crippen LogP contribution in [0.2, 0.25) is 0 Å². The van der Waals surface area contributed by atoms with Gasteiger partial charge in [0.05, 0.1) is 12.6 Å². The topological polar surface area (TPSA) is 106 Å². The van der Waals surface area contributed by atoms with Crippen LogP contribution in [-0.2, 0) is 35.3 Å². The maximum Gasteiger partial charge on any atom is 0.303 e. The number of ketones is 1. The van der Waals surface area contributed by atoms with Crippen LogP contribution in [0.15, 0.2) is 54.6 Å². The third kappa shape index (κ3) is 8.21. The molecule has 0 radical (unpaired) electrons. The zero-order valence-corrected chi connectivity index (χ0v) is 22.7. The summed E-state index contributed by atoms with van der Waals surface area (Å²) < 4.78 is 20.0. The number of rotatable bonds is 13. The van der Waals surface area contributed by atoms with E-state index in [1.807, 2.05) is 12.1 Å². The first-order valence-corrected chi connectivity index (χ1v) is 13.8. The van der Waals surface area contributed by atoms with Crippen molar-refractivity contribution in [2.24, 2.45) is 0 Å². The first kappa shape index (κ1) is 28.9. The SMILES string of the molecule is CC(=O)C[C@H](NC(=O)c1ccc(CCc2ccc3c(n2)CCCC3)cc1)c1ccc(OCCCC(=O)O)c(F)c1. The smallest absolute Gasteiger partial charge is 0.303 e. The van der Waals surface area contributed by atoms with Gasteiger partial charge in [0.25, 0.3) is 5.91 Å². The van der Waals surface area contributed by atoms with Crippen LogP contribution in [0.4, 0.5) is 4.39 Å². The van der Waals surface area contributed by atoms with Gasteiger partial charge in [-0.25, -0.2) is 4.39 Å². The summed E-state index contributed by atoms with van der Waals surface area (Å²) in [6.07, 6.45) is 6.43. The lowest BCUT2D eigenvalue weighted by Gasteiger charge is -2.19. The molecule has 40 heavy (non-hydrogen) atoms. The highest BCUT2D eigenvalue weighted by Gasteiger charge is 2.20. The van der Waals surface area contributed by atoms with Crippen LogP contribution >= 0.6 is 0 Å². The molecule has 8 heteroatoms. The van der Waals surface area contributed by atoms with E-state index in [4.69, 9.17) is 14.8 Å². The number of carboxylic acid groups (broad SMARTS) is 1. The molecule has 0 fully saturated rings. The summed E-state index contributed by atoms with van der Waals surface area (Å²) in [5.41, 5.74) is 5.66. The Morgan fingerprint density at radius 2 is 1.80 bits per heavy atom. The molecule has 4 rings (SSSR count). The predicted octanol–water partition coefficient (Wildman–Crippen LogP) is 5.58. The third-order valence-corrected chi connectivity index (χ3v) is 7.07. The molecule has 0 unspecified atom stereocenters. The van der Waals surface area contributed by atoms with E-state index in [1.165, 1.54) is 43.2 Å². The van der Waals surface area contributed by atoms with Gasteiger partial charge >= 0.3 is 5.97 Å². The Labute approximate surface area is 233 Å².